The molecule has 0 rings (SSSR count). The standard InChI is InChI=1S/C4H9NO2.K.H/c1-3(5-2)4(6)7;;/h3,5H,1-2H3,(H,6,7);;. The maximum atomic E-state index is 9.87. The second-order valence-corrected chi connectivity index (χ2v) is 1.35. The Kier molecular flexibility index (Phi) is 9.14. The fourth-order valence-electron chi connectivity index (χ4n) is 0.123. The number of hydrogen-bond donors (Lipinski definition) is 2. The van der Waals surface area contributed by atoms with Crippen LogP contribution in [0.1, 0.15) is 6.92 Å². The van der Waals surface area contributed by atoms with Crippen molar-refractivity contribution >= 4 is 57.4 Å². The van der Waals surface area contributed by atoms with E-state index in [0.29, 0.717) is 0 Å². The number of carboxylic acid groups (broad SMARTS) is 1. The minimum absolute atomic E-state index is 0. The molecule has 4 heteroatoms. The third-order valence-electron chi connectivity index (χ3n) is 0.803. The van der Waals surface area contributed by atoms with Crippen molar-refractivity contribution in [2.75, 3.05) is 7.05 Å². The van der Waals surface area contributed by atoms with Crippen LogP contribution in [0.3, 0.4) is 0 Å². The molecule has 3 nitrogen and oxygen atoms in total. The fourth-order valence-corrected chi connectivity index (χ4v) is 0.123. The molecule has 0 aromatic rings. The van der Waals surface area contributed by atoms with Gasteiger partial charge in [-0.05, 0) is 14.0 Å². The van der Waals surface area contributed by atoms with Gasteiger partial charge in [0, 0.05) is 0 Å². The van der Waals surface area contributed by atoms with Gasteiger partial charge in [-0.15, -0.1) is 0 Å². The van der Waals surface area contributed by atoms with E-state index >= 15 is 0 Å². The molecule has 0 aliphatic rings. The third-order valence-corrected chi connectivity index (χ3v) is 0.803. The Morgan fingerprint density at radius 1 is 1.75 bits per heavy atom. The van der Waals surface area contributed by atoms with Crippen LogP contribution < -0.4 is 5.32 Å². The van der Waals surface area contributed by atoms with E-state index in [1.807, 2.05) is 0 Å². The zero-order chi connectivity index (χ0) is 5.86. The number of aliphatic carboxylic acids is 1. The number of nitrogens with one attached hydrogen (secondary N) is 1. The summed E-state index contributed by atoms with van der Waals surface area (Å²) >= 11 is 0. The van der Waals surface area contributed by atoms with Crippen molar-refractivity contribution in [3.05, 3.63) is 0 Å². The molecule has 0 bridgehead atoms. The summed E-state index contributed by atoms with van der Waals surface area (Å²) in [6.45, 7) is 1.59. The van der Waals surface area contributed by atoms with Crippen molar-refractivity contribution in [2.24, 2.45) is 0 Å². The van der Waals surface area contributed by atoms with E-state index in [0.717, 1.165) is 0 Å². The van der Waals surface area contributed by atoms with Gasteiger partial charge >= 0.3 is 57.4 Å². The van der Waals surface area contributed by atoms with E-state index in [1.165, 1.54) is 0 Å². The molecular weight excluding hydrogens is 133 g/mol. The van der Waals surface area contributed by atoms with Gasteiger partial charge in [0.25, 0.3) is 0 Å². The van der Waals surface area contributed by atoms with Gasteiger partial charge in [0.15, 0.2) is 0 Å². The average Bonchev–Trinajstić information content (AvgIpc) is 1.65. The quantitative estimate of drug-likeness (QED) is 0.489. The summed E-state index contributed by atoms with van der Waals surface area (Å²) in [5.74, 6) is -0.817. The number of carbonyl (C=O) groups is 1. The third kappa shape index (κ3) is 5.21. The molecule has 1 unspecified atom stereocenters. The Bertz CT molecular complexity index is 76.4. The summed E-state index contributed by atoms with van der Waals surface area (Å²) in [7, 11) is 1.61. The summed E-state index contributed by atoms with van der Waals surface area (Å²) in [5, 5.41) is 10.7. The summed E-state index contributed by atoms with van der Waals surface area (Å²) in [4.78, 5) is 9.87. The molecule has 0 aliphatic carbocycles. The molecule has 0 spiro atoms. The summed E-state index contributed by atoms with van der Waals surface area (Å²) in [6, 6.07) is -0.431. The summed E-state index contributed by atoms with van der Waals surface area (Å²) < 4.78 is 0. The van der Waals surface area contributed by atoms with Crippen LogP contribution in [0.2, 0.25) is 0 Å². The first kappa shape index (κ1) is 11.8. The Labute approximate surface area is 91.3 Å². The molecule has 0 aromatic carbocycles. The minimum atomic E-state index is -0.817. The van der Waals surface area contributed by atoms with Gasteiger partial charge in [0.1, 0.15) is 6.04 Å². The first-order valence-electron chi connectivity index (χ1n) is 2.08. The van der Waals surface area contributed by atoms with Crippen molar-refractivity contribution in [1.82, 2.24) is 5.32 Å². The molecule has 0 fully saturated rings. The van der Waals surface area contributed by atoms with Crippen LogP contribution in [0.15, 0.2) is 0 Å². The van der Waals surface area contributed by atoms with Crippen LogP contribution in [0.5, 0.6) is 0 Å². The molecule has 0 amide bonds. The van der Waals surface area contributed by atoms with Gasteiger partial charge in [-0.2, -0.15) is 0 Å². The van der Waals surface area contributed by atoms with Crippen LogP contribution in [-0.4, -0.2) is 75.5 Å². The van der Waals surface area contributed by atoms with Crippen molar-refractivity contribution < 1.29 is 9.90 Å². The molecule has 0 saturated heterocycles. The fraction of sp³-hybridized carbons (Fsp3) is 0.750. The molecule has 2 N–H and O–H groups in total. The Morgan fingerprint density at radius 2 is 2.12 bits per heavy atom. The summed E-state index contributed by atoms with van der Waals surface area (Å²) in [5.41, 5.74) is 0. The van der Waals surface area contributed by atoms with E-state index < -0.39 is 12.0 Å². The van der Waals surface area contributed by atoms with E-state index in [4.69, 9.17) is 5.11 Å². The molecule has 0 aliphatic heterocycles. The van der Waals surface area contributed by atoms with Crippen LogP contribution in [0.4, 0.5) is 0 Å². The number of hydrogen-bond acceptors (Lipinski definition) is 2. The normalized spacial score (nSPS) is 11.8. The Hall–Kier alpha value is 1.07. The van der Waals surface area contributed by atoms with E-state index in [2.05, 4.69) is 5.32 Å². The van der Waals surface area contributed by atoms with Crippen LogP contribution in [0, 0.1) is 0 Å². The zero-order valence-corrected chi connectivity index (χ0v) is 4.43. The van der Waals surface area contributed by atoms with Gasteiger partial charge in [-0.25, -0.2) is 0 Å². The maximum absolute atomic E-state index is 9.87. The summed E-state index contributed by atoms with van der Waals surface area (Å²) in [6.07, 6.45) is 0. The molecule has 44 valence electrons. The molecular formula is C4H10KNO2. The topological polar surface area (TPSA) is 49.3 Å². The van der Waals surface area contributed by atoms with Gasteiger partial charge in [-0.1, -0.05) is 0 Å². The van der Waals surface area contributed by atoms with Crippen molar-refractivity contribution in [3.63, 3.8) is 0 Å². The van der Waals surface area contributed by atoms with E-state index in [9.17, 15) is 4.79 Å². The molecule has 0 radical (unpaired) electrons. The van der Waals surface area contributed by atoms with Crippen molar-refractivity contribution in [2.45, 2.75) is 13.0 Å². The van der Waals surface area contributed by atoms with Gasteiger partial charge in [-0.3, -0.25) is 4.79 Å². The van der Waals surface area contributed by atoms with Crippen molar-refractivity contribution in [1.29, 1.82) is 0 Å². The van der Waals surface area contributed by atoms with Gasteiger partial charge in [0.2, 0.25) is 0 Å². The molecule has 8 heavy (non-hydrogen) atoms. The van der Waals surface area contributed by atoms with Crippen LogP contribution >= 0.6 is 0 Å². The molecule has 0 saturated carbocycles. The Balaban J connectivity index is 0. The molecule has 0 aromatic heterocycles. The predicted molar refractivity (Wildman–Crippen MR) is 33.3 cm³/mol. The SMILES string of the molecule is CNC(C)C(=O)O.[KH]. The van der Waals surface area contributed by atoms with Gasteiger partial charge < -0.3 is 10.4 Å². The second kappa shape index (κ2) is 6.19. The number of rotatable bonds is 2. The molecule has 0 heterocycles. The van der Waals surface area contributed by atoms with Gasteiger partial charge in [0.05, 0.1) is 0 Å². The average molecular weight is 143 g/mol. The zero-order valence-electron chi connectivity index (χ0n) is 4.43. The van der Waals surface area contributed by atoms with E-state index in [-0.39, 0.29) is 51.4 Å². The predicted octanol–water partition coefficient (Wildman–Crippen LogP) is -0.970. The first-order chi connectivity index (χ1) is 3.18. The Morgan fingerprint density at radius 3 is 2.12 bits per heavy atom. The second-order valence-electron chi connectivity index (χ2n) is 1.35. The first-order valence-corrected chi connectivity index (χ1v) is 2.08. The van der Waals surface area contributed by atoms with Crippen molar-refractivity contribution in [3.8, 4) is 0 Å². The monoisotopic (exact) mass is 143 g/mol. The van der Waals surface area contributed by atoms with E-state index in [1.54, 1.807) is 14.0 Å². The van der Waals surface area contributed by atoms with Crippen LogP contribution in [-0.2, 0) is 4.79 Å². The molecule has 1 atom stereocenters. The number of likely N-dealkylation sites (N-methyl/N-ethyl adjacent to an activating group) is 1. The van der Waals surface area contributed by atoms with Crippen LogP contribution in [0.25, 0.3) is 0 Å². The number of carboxylic acids is 1.